The van der Waals surface area contributed by atoms with Gasteiger partial charge in [0.15, 0.2) is 0 Å². The van der Waals surface area contributed by atoms with Gasteiger partial charge in [-0.2, -0.15) is 11.8 Å². The summed E-state index contributed by atoms with van der Waals surface area (Å²) in [5.74, 6) is 2.58. The van der Waals surface area contributed by atoms with Gasteiger partial charge in [0.05, 0.1) is 0 Å². The van der Waals surface area contributed by atoms with E-state index in [4.69, 9.17) is 0 Å². The van der Waals surface area contributed by atoms with Gasteiger partial charge in [0.25, 0.3) is 0 Å². The SMILES string of the molecule is c1ccc2c(CNC3CCSC3)cccc2c1. The maximum absolute atomic E-state index is 3.67. The van der Waals surface area contributed by atoms with Gasteiger partial charge in [-0.3, -0.25) is 0 Å². The molecule has 1 fully saturated rings. The normalized spacial score (nSPS) is 19.9. The van der Waals surface area contributed by atoms with E-state index in [1.54, 1.807) is 0 Å². The summed E-state index contributed by atoms with van der Waals surface area (Å²) in [5.41, 5.74) is 1.42. The Labute approximate surface area is 107 Å². The minimum atomic E-state index is 0.707. The summed E-state index contributed by atoms with van der Waals surface area (Å²) in [6.07, 6.45) is 1.31. The van der Waals surface area contributed by atoms with E-state index < -0.39 is 0 Å². The van der Waals surface area contributed by atoms with Crippen LogP contribution in [-0.2, 0) is 6.54 Å². The molecular formula is C15H17NS. The van der Waals surface area contributed by atoms with Crippen LogP contribution in [-0.4, -0.2) is 17.5 Å². The monoisotopic (exact) mass is 243 g/mol. The molecule has 1 saturated heterocycles. The van der Waals surface area contributed by atoms with E-state index in [2.05, 4.69) is 59.5 Å². The molecule has 1 heterocycles. The molecule has 1 aliphatic rings. The first-order chi connectivity index (χ1) is 8.43. The molecule has 17 heavy (non-hydrogen) atoms. The fourth-order valence-corrected chi connectivity index (χ4v) is 3.58. The first kappa shape index (κ1) is 11.1. The maximum atomic E-state index is 3.67. The molecule has 0 aromatic heterocycles. The van der Waals surface area contributed by atoms with Crippen molar-refractivity contribution in [1.82, 2.24) is 5.32 Å². The molecule has 1 N–H and O–H groups in total. The van der Waals surface area contributed by atoms with Crippen molar-refractivity contribution in [2.75, 3.05) is 11.5 Å². The Morgan fingerprint density at radius 1 is 1.12 bits per heavy atom. The molecule has 1 atom stereocenters. The first-order valence-corrected chi connectivity index (χ1v) is 7.37. The molecular weight excluding hydrogens is 226 g/mol. The topological polar surface area (TPSA) is 12.0 Å². The number of hydrogen-bond donors (Lipinski definition) is 1. The van der Waals surface area contributed by atoms with Crippen LogP contribution in [0.15, 0.2) is 42.5 Å². The van der Waals surface area contributed by atoms with Crippen LogP contribution in [0.2, 0.25) is 0 Å². The lowest BCUT2D eigenvalue weighted by atomic mass is 10.0. The Bertz CT molecular complexity index is 498. The largest absolute Gasteiger partial charge is 0.309 e. The highest BCUT2D eigenvalue weighted by Crippen LogP contribution is 2.20. The van der Waals surface area contributed by atoms with Gasteiger partial charge in [-0.1, -0.05) is 42.5 Å². The highest BCUT2D eigenvalue weighted by atomic mass is 32.2. The van der Waals surface area contributed by atoms with Crippen LogP contribution < -0.4 is 5.32 Å². The average molecular weight is 243 g/mol. The molecule has 2 aromatic carbocycles. The summed E-state index contributed by atoms with van der Waals surface area (Å²) >= 11 is 2.06. The van der Waals surface area contributed by atoms with Crippen molar-refractivity contribution < 1.29 is 0 Å². The Balaban J connectivity index is 1.79. The van der Waals surface area contributed by atoms with E-state index in [0.717, 1.165) is 6.54 Å². The molecule has 0 spiro atoms. The molecule has 0 amide bonds. The van der Waals surface area contributed by atoms with Gasteiger partial charge in [0.2, 0.25) is 0 Å². The summed E-state index contributed by atoms with van der Waals surface area (Å²) in [5, 5.41) is 6.39. The van der Waals surface area contributed by atoms with E-state index in [0.29, 0.717) is 6.04 Å². The number of fused-ring (bicyclic) bond motifs is 1. The molecule has 2 aromatic rings. The third-order valence-corrected chi connectivity index (χ3v) is 4.55. The van der Waals surface area contributed by atoms with Crippen molar-refractivity contribution in [2.24, 2.45) is 0 Å². The Hall–Kier alpha value is -0.990. The summed E-state index contributed by atoms with van der Waals surface area (Å²) in [6, 6.07) is 15.9. The number of benzene rings is 2. The van der Waals surface area contributed by atoms with E-state index in [9.17, 15) is 0 Å². The fourth-order valence-electron chi connectivity index (χ4n) is 2.40. The lowest BCUT2D eigenvalue weighted by Crippen LogP contribution is -2.27. The molecule has 1 nitrogen and oxygen atoms in total. The molecule has 0 saturated carbocycles. The smallest absolute Gasteiger partial charge is 0.0214 e. The molecule has 1 aliphatic heterocycles. The molecule has 3 rings (SSSR count). The molecule has 0 aliphatic carbocycles. The first-order valence-electron chi connectivity index (χ1n) is 6.21. The molecule has 0 radical (unpaired) electrons. The predicted molar refractivity (Wildman–Crippen MR) is 76.5 cm³/mol. The lowest BCUT2D eigenvalue weighted by molar-refractivity contribution is 0.559. The van der Waals surface area contributed by atoms with Gasteiger partial charge in [-0.05, 0) is 28.5 Å². The molecule has 88 valence electrons. The third kappa shape index (κ3) is 2.48. The van der Waals surface area contributed by atoms with Crippen molar-refractivity contribution in [2.45, 2.75) is 19.0 Å². The lowest BCUT2D eigenvalue weighted by Gasteiger charge is -2.12. The van der Waals surface area contributed by atoms with Gasteiger partial charge in [0.1, 0.15) is 0 Å². The second-order valence-corrected chi connectivity index (χ2v) is 5.73. The van der Waals surface area contributed by atoms with Crippen LogP contribution in [0, 0.1) is 0 Å². The zero-order valence-electron chi connectivity index (χ0n) is 9.86. The van der Waals surface area contributed by atoms with Crippen molar-refractivity contribution in [3.63, 3.8) is 0 Å². The quantitative estimate of drug-likeness (QED) is 0.886. The van der Waals surface area contributed by atoms with Gasteiger partial charge < -0.3 is 5.32 Å². The van der Waals surface area contributed by atoms with Crippen molar-refractivity contribution in [3.8, 4) is 0 Å². The summed E-state index contributed by atoms with van der Waals surface area (Å²) < 4.78 is 0. The number of hydrogen-bond acceptors (Lipinski definition) is 2. The second kappa shape index (κ2) is 5.11. The van der Waals surface area contributed by atoms with E-state index in [1.807, 2.05) is 0 Å². The highest BCUT2D eigenvalue weighted by molar-refractivity contribution is 7.99. The second-order valence-electron chi connectivity index (χ2n) is 4.58. The standard InChI is InChI=1S/C15H17NS/c1-2-7-15-12(4-1)5-3-6-13(15)10-16-14-8-9-17-11-14/h1-7,14,16H,8-11H2. The Morgan fingerprint density at radius 2 is 2.00 bits per heavy atom. The van der Waals surface area contributed by atoms with Crippen LogP contribution in [0.4, 0.5) is 0 Å². The minimum Gasteiger partial charge on any atom is -0.309 e. The molecule has 2 heteroatoms. The maximum Gasteiger partial charge on any atom is 0.0214 e. The third-order valence-electron chi connectivity index (χ3n) is 3.39. The summed E-state index contributed by atoms with van der Waals surface area (Å²) in [6.45, 7) is 0.993. The van der Waals surface area contributed by atoms with Crippen LogP contribution >= 0.6 is 11.8 Å². The van der Waals surface area contributed by atoms with Gasteiger partial charge in [0, 0.05) is 18.3 Å². The average Bonchev–Trinajstić information content (AvgIpc) is 2.89. The number of rotatable bonds is 3. The number of nitrogens with one attached hydrogen (secondary N) is 1. The van der Waals surface area contributed by atoms with Gasteiger partial charge in [-0.15, -0.1) is 0 Å². The molecule has 1 unspecified atom stereocenters. The van der Waals surface area contributed by atoms with E-state index in [-0.39, 0.29) is 0 Å². The van der Waals surface area contributed by atoms with Gasteiger partial charge in [-0.25, -0.2) is 0 Å². The molecule has 0 bridgehead atoms. The van der Waals surface area contributed by atoms with Gasteiger partial charge >= 0.3 is 0 Å². The Kier molecular flexibility index (Phi) is 3.34. The van der Waals surface area contributed by atoms with Crippen LogP contribution in [0.25, 0.3) is 10.8 Å². The minimum absolute atomic E-state index is 0.707. The Morgan fingerprint density at radius 3 is 2.88 bits per heavy atom. The summed E-state index contributed by atoms with van der Waals surface area (Å²) in [4.78, 5) is 0. The van der Waals surface area contributed by atoms with Crippen molar-refractivity contribution in [3.05, 3.63) is 48.0 Å². The summed E-state index contributed by atoms with van der Waals surface area (Å²) in [7, 11) is 0. The zero-order valence-corrected chi connectivity index (χ0v) is 10.7. The van der Waals surface area contributed by atoms with Crippen molar-refractivity contribution in [1.29, 1.82) is 0 Å². The highest BCUT2D eigenvalue weighted by Gasteiger charge is 2.14. The van der Waals surface area contributed by atoms with Crippen LogP contribution in [0.5, 0.6) is 0 Å². The van der Waals surface area contributed by atoms with E-state index >= 15 is 0 Å². The van der Waals surface area contributed by atoms with E-state index in [1.165, 1.54) is 34.3 Å². The zero-order chi connectivity index (χ0) is 11.5. The fraction of sp³-hybridized carbons (Fsp3) is 0.333. The van der Waals surface area contributed by atoms with Crippen molar-refractivity contribution >= 4 is 22.5 Å². The number of thioether (sulfide) groups is 1. The van der Waals surface area contributed by atoms with Crippen LogP contribution in [0.3, 0.4) is 0 Å². The van der Waals surface area contributed by atoms with Crippen LogP contribution in [0.1, 0.15) is 12.0 Å². The predicted octanol–water partition coefficient (Wildman–Crippen LogP) is 3.43.